The molecule has 0 spiro atoms. The van der Waals surface area contributed by atoms with Crippen LogP contribution in [0, 0.1) is 12.7 Å². The highest BCUT2D eigenvalue weighted by Crippen LogP contribution is 2.34. The van der Waals surface area contributed by atoms with Gasteiger partial charge in [-0.15, -0.1) is 0 Å². The van der Waals surface area contributed by atoms with Crippen molar-refractivity contribution in [1.82, 2.24) is 20.3 Å². The van der Waals surface area contributed by atoms with Crippen LogP contribution < -0.4 is 15.0 Å². The Morgan fingerprint density at radius 1 is 1.38 bits per heavy atom. The first kappa shape index (κ1) is 16.1. The molecule has 126 valence electrons. The lowest BCUT2D eigenvalue weighted by Gasteiger charge is -2.50. The van der Waals surface area contributed by atoms with Crippen LogP contribution in [0.5, 0.6) is 6.01 Å². The summed E-state index contributed by atoms with van der Waals surface area (Å²) in [5, 5.41) is 2.93. The summed E-state index contributed by atoms with van der Waals surface area (Å²) in [6.45, 7) is 4.26. The Bertz CT molecular complexity index is 760. The predicted octanol–water partition coefficient (Wildman–Crippen LogP) is 1.18. The lowest BCUT2D eigenvalue weighted by atomic mass is 9.85. The van der Waals surface area contributed by atoms with Crippen molar-refractivity contribution in [3.05, 3.63) is 41.6 Å². The van der Waals surface area contributed by atoms with Crippen molar-refractivity contribution in [3.8, 4) is 6.01 Å². The van der Waals surface area contributed by atoms with E-state index >= 15 is 0 Å². The second-order valence-corrected chi connectivity index (χ2v) is 5.84. The zero-order valence-electron chi connectivity index (χ0n) is 13.7. The summed E-state index contributed by atoms with van der Waals surface area (Å²) in [7, 11) is 1.51. The Kier molecular flexibility index (Phi) is 4.04. The van der Waals surface area contributed by atoms with Crippen LogP contribution in [-0.4, -0.2) is 41.1 Å². The van der Waals surface area contributed by atoms with Crippen LogP contribution in [-0.2, 0) is 10.3 Å². The number of pyridine rings is 1. The van der Waals surface area contributed by atoms with E-state index in [2.05, 4.69) is 20.3 Å². The van der Waals surface area contributed by atoms with E-state index in [1.165, 1.54) is 20.1 Å². The maximum atomic E-state index is 13.1. The van der Waals surface area contributed by atoms with E-state index < -0.39 is 11.4 Å². The Labute approximate surface area is 138 Å². The van der Waals surface area contributed by atoms with Crippen LogP contribution >= 0.6 is 0 Å². The molecule has 0 radical (unpaired) electrons. The number of hydrogen-bond donors (Lipinski definition) is 1. The molecule has 2 aromatic rings. The van der Waals surface area contributed by atoms with E-state index in [-0.39, 0.29) is 5.91 Å². The molecule has 1 aliphatic rings. The molecule has 8 heteroatoms. The van der Waals surface area contributed by atoms with Crippen molar-refractivity contribution < 1.29 is 13.9 Å². The summed E-state index contributed by atoms with van der Waals surface area (Å²) in [5.74, 6) is 0.128. The first-order chi connectivity index (χ1) is 11.4. The predicted molar refractivity (Wildman–Crippen MR) is 85.2 cm³/mol. The van der Waals surface area contributed by atoms with Crippen LogP contribution in [0.2, 0.25) is 0 Å². The molecule has 1 N–H and O–H groups in total. The molecule has 1 aliphatic heterocycles. The number of rotatable bonds is 4. The molecule has 0 saturated carbocycles. The third kappa shape index (κ3) is 2.99. The number of nitrogens with zero attached hydrogens (tertiary/aromatic N) is 4. The maximum absolute atomic E-state index is 13.1. The number of methoxy groups -OCH3 is 1. The van der Waals surface area contributed by atoms with Crippen LogP contribution in [0.15, 0.2) is 24.4 Å². The van der Waals surface area contributed by atoms with E-state index in [4.69, 9.17) is 4.74 Å². The van der Waals surface area contributed by atoms with Gasteiger partial charge in [0.05, 0.1) is 32.1 Å². The molecule has 1 fully saturated rings. The van der Waals surface area contributed by atoms with Crippen LogP contribution in [0.4, 0.5) is 10.2 Å². The van der Waals surface area contributed by atoms with Crippen LogP contribution in [0.25, 0.3) is 0 Å². The van der Waals surface area contributed by atoms with Crippen molar-refractivity contribution >= 4 is 11.7 Å². The number of aryl methyl sites for hydroxylation is 1. The van der Waals surface area contributed by atoms with Gasteiger partial charge in [0.1, 0.15) is 17.2 Å². The Morgan fingerprint density at radius 2 is 2.12 bits per heavy atom. The fourth-order valence-corrected chi connectivity index (χ4v) is 2.85. The third-order valence-corrected chi connectivity index (χ3v) is 3.88. The number of carbonyl (C=O) groups excluding carboxylic acids is 1. The highest BCUT2D eigenvalue weighted by Gasteiger charge is 2.47. The van der Waals surface area contributed by atoms with Crippen molar-refractivity contribution in [2.24, 2.45) is 0 Å². The average molecular weight is 331 g/mol. The van der Waals surface area contributed by atoms with E-state index in [0.29, 0.717) is 30.6 Å². The molecule has 0 aliphatic carbocycles. The van der Waals surface area contributed by atoms with Gasteiger partial charge in [-0.2, -0.15) is 4.98 Å². The minimum Gasteiger partial charge on any atom is -0.467 e. The Morgan fingerprint density at radius 3 is 2.71 bits per heavy atom. The fraction of sp³-hybridized carbons (Fsp3) is 0.375. The number of aromatic nitrogens is 3. The van der Waals surface area contributed by atoms with Gasteiger partial charge in [-0.1, -0.05) is 0 Å². The molecular weight excluding hydrogens is 313 g/mol. The first-order valence-corrected chi connectivity index (χ1v) is 7.47. The molecule has 0 aromatic carbocycles. The first-order valence-electron chi connectivity index (χ1n) is 7.47. The van der Waals surface area contributed by atoms with E-state index in [9.17, 15) is 9.18 Å². The monoisotopic (exact) mass is 331 g/mol. The Balaban J connectivity index is 1.86. The minimum atomic E-state index is -0.661. The normalized spacial score (nSPS) is 15.6. The molecule has 24 heavy (non-hydrogen) atoms. The third-order valence-electron chi connectivity index (χ3n) is 3.88. The molecule has 1 amide bonds. The number of anilines is 1. The van der Waals surface area contributed by atoms with Crippen molar-refractivity contribution in [1.29, 1.82) is 0 Å². The van der Waals surface area contributed by atoms with Gasteiger partial charge in [0, 0.05) is 18.7 Å². The standard InChI is InChI=1S/C16H18FN5O2/c1-10-6-14(20-15(19-10)24-3)22-8-16(9-22,21-11(2)23)13-5-4-12(17)7-18-13/h4-7H,8-9H2,1-3H3,(H,21,23). The smallest absolute Gasteiger partial charge is 0.318 e. The summed E-state index contributed by atoms with van der Waals surface area (Å²) in [4.78, 5) is 26.2. The average Bonchev–Trinajstić information content (AvgIpc) is 2.50. The number of carbonyl (C=O) groups is 1. The highest BCUT2D eigenvalue weighted by molar-refractivity contribution is 5.75. The molecular formula is C16H18FN5O2. The van der Waals surface area contributed by atoms with Crippen molar-refractivity contribution in [2.45, 2.75) is 19.4 Å². The van der Waals surface area contributed by atoms with Crippen LogP contribution in [0.3, 0.4) is 0 Å². The largest absolute Gasteiger partial charge is 0.467 e. The van der Waals surface area contributed by atoms with Gasteiger partial charge in [-0.25, -0.2) is 9.37 Å². The second kappa shape index (κ2) is 6.03. The van der Waals surface area contributed by atoms with Gasteiger partial charge in [-0.05, 0) is 19.1 Å². The van der Waals surface area contributed by atoms with Crippen LogP contribution in [0.1, 0.15) is 18.3 Å². The van der Waals surface area contributed by atoms with Crippen molar-refractivity contribution in [3.63, 3.8) is 0 Å². The number of hydrogen-bond acceptors (Lipinski definition) is 6. The molecule has 0 unspecified atom stereocenters. The van der Waals surface area contributed by atoms with E-state index in [1.807, 2.05) is 17.9 Å². The van der Waals surface area contributed by atoms with Gasteiger partial charge < -0.3 is 15.0 Å². The van der Waals surface area contributed by atoms with Gasteiger partial charge in [0.15, 0.2) is 0 Å². The summed E-state index contributed by atoms with van der Waals surface area (Å²) in [6.07, 6.45) is 1.15. The molecule has 1 saturated heterocycles. The number of ether oxygens (including phenoxy) is 1. The number of halogens is 1. The summed E-state index contributed by atoms with van der Waals surface area (Å²) < 4.78 is 18.2. The highest BCUT2D eigenvalue weighted by atomic mass is 19.1. The molecule has 0 bridgehead atoms. The van der Waals surface area contributed by atoms with Crippen molar-refractivity contribution in [2.75, 3.05) is 25.1 Å². The minimum absolute atomic E-state index is 0.169. The lowest BCUT2D eigenvalue weighted by Crippen LogP contribution is -2.68. The molecule has 2 aromatic heterocycles. The maximum Gasteiger partial charge on any atom is 0.318 e. The number of amides is 1. The Hall–Kier alpha value is -2.77. The zero-order valence-corrected chi connectivity index (χ0v) is 13.7. The molecule has 3 heterocycles. The molecule has 3 rings (SSSR count). The van der Waals surface area contributed by atoms with Gasteiger partial charge >= 0.3 is 6.01 Å². The molecule has 7 nitrogen and oxygen atoms in total. The quantitative estimate of drug-likeness (QED) is 0.906. The van der Waals surface area contributed by atoms with Gasteiger partial charge in [0.2, 0.25) is 5.91 Å². The molecule has 0 atom stereocenters. The fourth-order valence-electron chi connectivity index (χ4n) is 2.85. The summed E-state index contributed by atoms with van der Waals surface area (Å²) in [5.41, 5.74) is 0.743. The SMILES string of the molecule is COc1nc(C)cc(N2CC(NC(C)=O)(c3ccc(F)cn3)C2)n1. The summed E-state index contributed by atoms with van der Waals surface area (Å²) in [6, 6.07) is 5.07. The number of nitrogens with one attached hydrogen (secondary N) is 1. The summed E-state index contributed by atoms with van der Waals surface area (Å²) >= 11 is 0. The topological polar surface area (TPSA) is 80.2 Å². The lowest BCUT2D eigenvalue weighted by molar-refractivity contribution is -0.121. The van der Waals surface area contributed by atoms with Gasteiger partial charge in [-0.3, -0.25) is 9.78 Å². The van der Waals surface area contributed by atoms with Gasteiger partial charge in [0.25, 0.3) is 0 Å². The van der Waals surface area contributed by atoms with E-state index in [0.717, 1.165) is 11.9 Å². The second-order valence-electron chi connectivity index (χ2n) is 5.84. The van der Waals surface area contributed by atoms with E-state index in [1.54, 1.807) is 6.07 Å². The zero-order chi connectivity index (χ0) is 17.3.